The molecule has 0 saturated carbocycles. The van der Waals surface area contributed by atoms with E-state index in [0.717, 1.165) is 0 Å². The molecule has 1 atom stereocenters. The van der Waals surface area contributed by atoms with Crippen LogP contribution in [-0.4, -0.2) is 10.1 Å². The molecule has 4 nitrogen and oxygen atoms in total. The molecule has 1 unspecified atom stereocenters. The molecule has 0 aliphatic heterocycles. The van der Waals surface area contributed by atoms with Crippen LogP contribution in [0.15, 0.2) is 4.52 Å². The van der Waals surface area contributed by atoms with Gasteiger partial charge in [-0.25, -0.2) is 0 Å². The fourth-order valence-electron chi connectivity index (χ4n) is 0.784. The van der Waals surface area contributed by atoms with Gasteiger partial charge in [-0.15, -0.1) is 0 Å². The number of hydrogen-bond acceptors (Lipinski definition) is 4. The maximum Gasteiger partial charge on any atom is 0.471 e. The van der Waals surface area contributed by atoms with E-state index < -0.39 is 18.1 Å². The molecule has 0 spiro atoms. The summed E-state index contributed by atoms with van der Waals surface area (Å²) in [5.41, 5.74) is 5.54. The Morgan fingerprint density at radius 2 is 1.93 bits per heavy atom. The van der Waals surface area contributed by atoms with Gasteiger partial charge in [0.2, 0.25) is 0 Å². The number of rotatable bonds is 2. The van der Waals surface area contributed by atoms with Crippen molar-refractivity contribution in [2.75, 3.05) is 0 Å². The molecule has 0 aliphatic rings. The maximum atomic E-state index is 12.0. The molecule has 1 aromatic heterocycles. The van der Waals surface area contributed by atoms with Crippen LogP contribution in [0.25, 0.3) is 0 Å². The third-order valence-corrected chi connectivity index (χ3v) is 1.70. The molecule has 0 aliphatic carbocycles. The maximum absolute atomic E-state index is 12.0. The lowest BCUT2D eigenvalue weighted by atomic mass is 10.1. The lowest BCUT2D eigenvalue weighted by Crippen LogP contribution is -2.18. The lowest BCUT2D eigenvalue weighted by molar-refractivity contribution is -0.159. The fourth-order valence-corrected chi connectivity index (χ4v) is 0.784. The van der Waals surface area contributed by atoms with Crippen LogP contribution in [-0.2, 0) is 6.18 Å². The van der Waals surface area contributed by atoms with Gasteiger partial charge in [-0.2, -0.15) is 18.2 Å². The predicted octanol–water partition coefficient (Wildman–Crippen LogP) is 1.74. The van der Waals surface area contributed by atoms with Gasteiger partial charge in [0.1, 0.15) is 0 Å². The summed E-state index contributed by atoms with van der Waals surface area (Å²) >= 11 is 0. The Bertz CT molecular complexity index is 307. The van der Waals surface area contributed by atoms with Crippen LogP contribution < -0.4 is 5.73 Å². The summed E-state index contributed by atoms with van der Waals surface area (Å²) < 4.78 is 40.1. The minimum Gasteiger partial charge on any atom is -0.329 e. The molecule has 0 aromatic carbocycles. The number of hydrogen-bond donors (Lipinski definition) is 1. The number of halogens is 3. The van der Waals surface area contributed by atoms with Crippen LogP contribution >= 0.6 is 0 Å². The molecular formula is C7H10F3N3O. The molecule has 1 aromatic rings. The first-order chi connectivity index (χ1) is 6.32. The monoisotopic (exact) mass is 209 g/mol. The van der Waals surface area contributed by atoms with Crippen molar-refractivity contribution in [3.05, 3.63) is 11.7 Å². The van der Waals surface area contributed by atoms with E-state index in [4.69, 9.17) is 5.73 Å². The van der Waals surface area contributed by atoms with Gasteiger partial charge in [0.15, 0.2) is 5.82 Å². The van der Waals surface area contributed by atoms with Crippen molar-refractivity contribution >= 4 is 0 Å². The highest BCUT2D eigenvalue weighted by Gasteiger charge is 2.39. The van der Waals surface area contributed by atoms with Crippen molar-refractivity contribution in [3.8, 4) is 0 Å². The van der Waals surface area contributed by atoms with Crippen molar-refractivity contribution < 1.29 is 17.7 Å². The van der Waals surface area contributed by atoms with E-state index in [-0.39, 0.29) is 11.7 Å². The Morgan fingerprint density at radius 3 is 2.29 bits per heavy atom. The molecule has 1 rings (SSSR count). The summed E-state index contributed by atoms with van der Waals surface area (Å²) in [5, 5.41) is 3.17. The van der Waals surface area contributed by atoms with Gasteiger partial charge >= 0.3 is 12.1 Å². The molecule has 1 heterocycles. The first-order valence-corrected chi connectivity index (χ1v) is 3.98. The Labute approximate surface area is 78.3 Å². The summed E-state index contributed by atoms with van der Waals surface area (Å²) in [5.74, 6) is -1.52. The molecular weight excluding hydrogens is 199 g/mol. The highest BCUT2D eigenvalue weighted by atomic mass is 19.4. The quantitative estimate of drug-likeness (QED) is 0.805. The van der Waals surface area contributed by atoms with Gasteiger partial charge in [0.05, 0.1) is 6.04 Å². The minimum absolute atomic E-state index is 0.0475. The van der Waals surface area contributed by atoms with Crippen molar-refractivity contribution in [1.29, 1.82) is 0 Å². The van der Waals surface area contributed by atoms with E-state index in [0.29, 0.717) is 0 Å². The molecule has 0 fully saturated rings. The van der Waals surface area contributed by atoms with Gasteiger partial charge in [0, 0.05) is 0 Å². The van der Waals surface area contributed by atoms with Crippen LogP contribution in [0.5, 0.6) is 0 Å². The van der Waals surface area contributed by atoms with Gasteiger partial charge in [-0.3, -0.25) is 0 Å². The second kappa shape index (κ2) is 3.56. The van der Waals surface area contributed by atoms with E-state index in [9.17, 15) is 13.2 Å². The molecule has 0 radical (unpaired) electrons. The second-order valence-electron chi connectivity index (χ2n) is 3.23. The van der Waals surface area contributed by atoms with Crippen molar-refractivity contribution in [2.24, 2.45) is 11.7 Å². The summed E-state index contributed by atoms with van der Waals surface area (Å²) in [7, 11) is 0. The normalized spacial score (nSPS) is 14.8. The van der Waals surface area contributed by atoms with Crippen LogP contribution in [0, 0.1) is 5.92 Å². The molecule has 0 bridgehead atoms. The second-order valence-corrected chi connectivity index (χ2v) is 3.23. The van der Waals surface area contributed by atoms with Crippen molar-refractivity contribution in [3.63, 3.8) is 0 Å². The van der Waals surface area contributed by atoms with Crippen molar-refractivity contribution in [1.82, 2.24) is 10.1 Å². The highest BCUT2D eigenvalue weighted by molar-refractivity contribution is 4.96. The molecule has 14 heavy (non-hydrogen) atoms. The van der Waals surface area contributed by atoms with Gasteiger partial charge < -0.3 is 10.3 Å². The predicted molar refractivity (Wildman–Crippen MR) is 41.1 cm³/mol. The fraction of sp³-hybridized carbons (Fsp3) is 0.714. The third-order valence-electron chi connectivity index (χ3n) is 1.70. The van der Waals surface area contributed by atoms with Gasteiger partial charge in [0.25, 0.3) is 0 Å². The smallest absolute Gasteiger partial charge is 0.329 e. The third kappa shape index (κ3) is 2.22. The summed E-state index contributed by atoms with van der Waals surface area (Å²) in [6, 6.07) is -0.644. The van der Waals surface area contributed by atoms with Crippen molar-refractivity contribution in [2.45, 2.75) is 26.1 Å². The Morgan fingerprint density at radius 1 is 1.36 bits per heavy atom. The van der Waals surface area contributed by atoms with E-state index in [2.05, 4.69) is 14.7 Å². The van der Waals surface area contributed by atoms with Crippen LogP contribution in [0.2, 0.25) is 0 Å². The summed E-state index contributed by atoms with van der Waals surface area (Å²) in [4.78, 5) is 3.17. The first kappa shape index (κ1) is 11.0. The summed E-state index contributed by atoms with van der Waals surface area (Å²) in [6.45, 7) is 3.52. The van der Waals surface area contributed by atoms with Gasteiger partial charge in [-0.05, 0) is 5.92 Å². The average molecular weight is 209 g/mol. The zero-order chi connectivity index (χ0) is 10.9. The Balaban J connectivity index is 2.89. The van der Waals surface area contributed by atoms with Crippen LogP contribution in [0.4, 0.5) is 13.2 Å². The average Bonchev–Trinajstić information content (AvgIpc) is 2.49. The number of nitrogens with two attached hydrogens (primary N) is 1. The number of aromatic nitrogens is 2. The Kier molecular flexibility index (Phi) is 2.79. The zero-order valence-electron chi connectivity index (χ0n) is 7.67. The lowest BCUT2D eigenvalue weighted by Gasteiger charge is -2.09. The molecule has 0 saturated heterocycles. The van der Waals surface area contributed by atoms with E-state index in [1.165, 1.54) is 0 Å². The molecule has 0 amide bonds. The molecule has 2 N–H and O–H groups in total. The van der Waals surface area contributed by atoms with E-state index in [1.807, 2.05) is 0 Å². The minimum atomic E-state index is -4.61. The SMILES string of the molecule is CC(C)C(N)c1noc(C(F)(F)F)n1. The van der Waals surface area contributed by atoms with E-state index >= 15 is 0 Å². The number of nitrogens with zero attached hydrogens (tertiary/aromatic N) is 2. The highest BCUT2D eigenvalue weighted by Crippen LogP contribution is 2.28. The molecule has 80 valence electrons. The van der Waals surface area contributed by atoms with Crippen LogP contribution in [0.1, 0.15) is 31.6 Å². The topological polar surface area (TPSA) is 64.9 Å². The number of alkyl halides is 3. The van der Waals surface area contributed by atoms with Gasteiger partial charge in [-0.1, -0.05) is 19.0 Å². The standard InChI is InChI=1S/C7H10F3N3O/c1-3(2)4(11)5-12-6(14-13-5)7(8,9)10/h3-4H,11H2,1-2H3. The zero-order valence-corrected chi connectivity index (χ0v) is 7.67. The Hall–Kier alpha value is -1.11. The summed E-state index contributed by atoms with van der Waals surface area (Å²) in [6.07, 6.45) is -4.61. The largest absolute Gasteiger partial charge is 0.471 e. The first-order valence-electron chi connectivity index (χ1n) is 3.98. The van der Waals surface area contributed by atoms with Crippen LogP contribution in [0.3, 0.4) is 0 Å². The van der Waals surface area contributed by atoms with E-state index in [1.54, 1.807) is 13.8 Å². The molecule has 7 heteroatoms.